The molecule has 0 heterocycles. The van der Waals surface area contributed by atoms with Crippen molar-refractivity contribution in [1.29, 1.82) is 0 Å². The van der Waals surface area contributed by atoms with E-state index in [4.69, 9.17) is 10.8 Å². The second kappa shape index (κ2) is 4.88. The number of carboxylic acids is 1. The summed E-state index contributed by atoms with van der Waals surface area (Å²) in [5, 5.41) is 9.15. The number of hydrogen-bond donors (Lipinski definition) is 3. The fourth-order valence-corrected chi connectivity index (χ4v) is 2.95. The molecular weight excluding hydrogens is 284 g/mol. The molecule has 1 fully saturated rings. The highest BCUT2D eigenvalue weighted by molar-refractivity contribution is 7.89. The fourth-order valence-electron chi connectivity index (χ4n) is 1.95. The lowest BCUT2D eigenvalue weighted by molar-refractivity contribution is -0.140. The first-order chi connectivity index (χ1) is 9.28. The number of aliphatic carboxylic acids is 1. The Morgan fingerprint density at radius 3 is 2.20 bits per heavy atom. The van der Waals surface area contributed by atoms with Gasteiger partial charge >= 0.3 is 5.97 Å². The molecule has 0 saturated heterocycles. The molecule has 1 aromatic carbocycles. The number of nitrogens with one attached hydrogen (secondary N) is 1. The summed E-state index contributed by atoms with van der Waals surface area (Å²) >= 11 is 0. The monoisotopic (exact) mass is 298 g/mol. The number of carbonyl (C=O) groups is 2. The Balaban J connectivity index is 2.21. The lowest BCUT2D eigenvalue weighted by Crippen LogP contribution is -2.33. The van der Waals surface area contributed by atoms with Crippen molar-refractivity contribution in [3.63, 3.8) is 0 Å². The quantitative estimate of drug-likeness (QED) is 0.656. The van der Waals surface area contributed by atoms with Gasteiger partial charge in [0.2, 0.25) is 15.9 Å². The van der Waals surface area contributed by atoms with Crippen LogP contribution in [0.3, 0.4) is 0 Å². The summed E-state index contributed by atoms with van der Waals surface area (Å²) in [6.07, 6.45) is 1.10. The minimum absolute atomic E-state index is 0.0383. The molecule has 7 nitrogen and oxygen atoms in total. The molecular formula is C12H14N2O5S. The minimum atomic E-state index is -3.82. The second-order valence-electron chi connectivity index (χ2n) is 4.70. The largest absolute Gasteiger partial charge is 0.481 e. The summed E-state index contributed by atoms with van der Waals surface area (Å²) in [7, 11) is -3.82. The first-order valence-electron chi connectivity index (χ1n) is 5.90. The number of benzene rings is 1. The lowest BCUT2D eigenvalue weighted by Gasteiger charge is -2.11. The molecule has 0 bridgehead atoms. The molecule has 8 heteroatoms. The Morgan fingerprint density at radius 1 is 1.25 bits per heavy atom. The van der Waals surface area contributed by atoms with E-state index < -0.39 is 33.9 Å². The molecule has 108 valence electrons. The first kappa shape index (κ1) is 14.5. The lowest BCUT2D eigenvalue weighted by atomic mass is 9.96. The molecule has 0 atom stereocenters. The number of nitrogens with two attached hydrogens (primary N) is 1. The van der Waals surface area contributed by atoms with Crippen LogP contribution in [0, 0.1) is 0 Å². The Labute approximate surface area is 115 Å². The Kier molecular flexibility index (Phi) is 3.53. The van der Waals surface area contributed by atoms with Gasteiger partial charge in [-0.15, -0.1) is 0 Å². The zero-order valence-corrected chi connectivity index (χ0v) is 11.3. The van der Waals surface area contributed by atoms with Crippen molar-refractivity contribution in [3.05, 3.63) is 29.8 Å². The van der Waals surface area contributed by atoms with Crippen LogP contribution in [0.1, 0.15) is 18.4 Å². The van der Waals surface area contributed by atoms with Gasteiger partial charge in [-0.25, -0.2) is 13.1 Å². The molecule has 0 aromatic heterocycles. The van der Waals surface area contributed by atoms with Crippen LogP contribution in [0.2, 0.25) is 0 Å². The molecule has 1 amide bonds. The van der Waals surface area contributed by atoms with Gasteiger partial charge in [0.1, 0.15) is 0 Å². The van der Waals surface area contributed by atoms with Crippen LogP contribution in [0.5, 0.6) is 0 Å². The van der Waals surface area contributed by atoms with E-state index in [1.807, 2.05) is 0 Å². The van der Waals surface area contributed by atoms with Gasteiger partial charge in [0.25, 0.3) is 0 Å². The molecule has 0 spiro atoms. The van der Waals surface area contributed by atoms with Crippen LogP contribution >= 0.6 is 0 Å². The summed E-state index contributed by atoms with van der Waals surface area (Å²) in [5.41, 5.74) is 4.58. The summed E-state index contributed by atoms with van der Waals surface area (Å²) in [5.74, 6) is -1.69. The maximum absolute atomic E-state index is 11.8. The van der Waals surface area contributed by atoms with Gasteiger partial charge in [-0.05, 0) is 30.5 Å². The van der Waals surface area contributed by atoms with E-state index in [2.05, 4.69) is 4.72 Å². The maximum atomic E-state index is 11.8. The Hall–Kier alpha value is -1.93. The number of sulfonamides is 1. The molecule has 1 saturated carbocycles. The first-order valence-corrected chi connectivity index (χ1v) is 7.38. The second-order valence-corrected chi connectivity index (χ2v) is 6.47. The number of rotatable bonds is 6. The van der Waals surface area contributed by atoms with E-state index in [9.17, 15) is 18.0 Å². The summed E-state index contributed by atoms with van der Waals surface area (Å²) in [4.78, 5) is 21.7. The fraction of sp³-hybridized carbons (Fsp3) is 0.333. The van der Waals surface area contributed by atoms with Gasteiger partial charge < -0.3 is 10.8 Å². The predicted octanol–water partition coefficient (Wildman–Crippen LogP) is -0.434. The van der Waals surface area contributed by atoms with E-state index in [-0.39, 0.29) is 4.90 Å². The highest BCUT2D eigenvalue weighted by atomic mass is 32.2. The number of hydrogen-bond acceptors (Lipinski definition) is 4. The number of primary amides is 1. The maximum Gasteiger partial charge on any atom is 0.314 e. The average Bonchev–Trinajstić information content (AvgIpc) is 3.18. The van der Waals surface area contributed by atoms with Crippen molar-refractivity contribution in [1.82, 2.24) is 4.72 Å². The highest BCUT2D eigenvalue weighted by Gasteiger charge is 2.51. The van der Waals surface area contributed by atoms with Crippen LogP contribution in [-0.4, -0.2) is 31.9 Å². The molecule has 0 aliphatic heterocycles. The van der Waals surface area contributed by atoms with Gasteiger partial charge in [-0.2, -0.15) is 0 Å². The van der Waals surface area contributed by atoms with E-state index >= 15 is 0 Å². The highest BCUT2D eigenvalue weighted by Crippen LogP contribution is 2.48. The zero-order chi connectivity index (χ0) is 15.0. The predicted molar refractivity (Wildman–Crippen MR) is 69.4 cm³/mol. The van der Waals surface area contributed by atoms with Gasteiger partial charge in [0.15, 0.2) is 0 Å². The summed E-state index contributed by atoms with van der Waals surface area (Å²) < 4.78 is 25.7. The molecule has 2 rings (SSSR count). The van der Waals surface area contributed by atoms with E-state index in [1.54, 1.807) is 0 Å². The Morgan fingerprint density at radius 2 is 1.80 bits per heavy atom. The number of amides is 1. The van der Waals surface area contributed by atoms with Gasteiger partial charge in [-0.1, -0.05) is 12.1 Å². The van der Waals surface area contributed by atoms with Crippen LogP contribution in [-0.2, 0) is 25.0 Å². The molecule has 0 unspecified atom stereocenters. The normalized spacial score (nSPS) is 16.6. The molecule has 1 aliphatic carbocycles. The molecule has 1 aromatic rings. The third kappa shape index (κ3) is 2.66. The molecule has 0 radical (unpaired) electrons. The zero-order valence-electron chi connectivity index (χ0n) is 10.5. The molecule has 20 heavy (non-hydrogen) atoms. The van der Waals surface area contributed by atoms with Gasteiger partial charge in [0, 0.05) is 0 Å². The van der Waals surface area contributed by atoms with E-state index in [0.717, 1.165) is 0 Å². The molecule has 1 aliphatic rings. The molecule has 4 N–H and O–H groups in total. The van der Waals surface area contributed by atoms with Crippen molar-refractivity contribution in [2.24, 2.45) is 5.73 Å². The van der Waals surface area contributed by atoms with Crippen molar-refractivity contribution >= 4 is 21.9 Å². The van der Waals surface area contributed by atoms with Crippen LogP contribution in [0.15, 0.2) is 29.2 Å². The average molecular weight is 298 g/mol. The van der Waals surface area contributed by atoms with Gasteiger partial charge in [-0.3, -0.25) is 9.59 Å². The minimum Gasteiger partial charge on any atom is -0.481 e. The third-order valence-corrected chi connectivity index (χ3v) is 4.73. The Bertz CT molecular complexity index is 647. The van der Waals surface area contributed by atoms with E-state index in [1.165, 1.54) is 24.3 Å². The van der Waals surface area contributed by atoms with Crippen LogP contribution < -0.4 is 10.5 Å². The number of carbonyl (C=O) groups excluding carboxylic acids is 1. The topological polar surface area (TPSA) is 127 Å². The summed E-state index contributed by atoms with van der Waals surface area (Å²) in [6.45, 7) is -0.483. The van der Waals surface area contributed by atoms with Gasteiger partial charge in [0.05, 0.1) is 16.9 Å². The number of carboxylic acid groups (broad SMARTS) is 1. The van der Waals surface area contributed by atoms with E-state index in [0.29, 0.717) is 18.4 Å². The summed E-state index contributed by atoms with van der Waals surface area (Å²) in [6, 6.07) is 5.61. The van der Waals surface area contributed by atoms with Crippen LogP contribution in [0.4, 0.5) is 0 Å². The van der Waals surface area contributed by atoms with Crippen molar-refractivity contribution in [2.45, 2.75) is 23.2 Å². The van der Waals surface area contributed by atoms with Crippen molar-refractivity contribution in [2.75, 3.05) is 6.54 Å². The van der Waals surface area contributed by atoms with Crippen LogP contribution in [0.25, 0.3) is 0 Å². The SMILES string of the molecule is NC(=O)CNS(=O)(=O)c1ccc(C2(C(=O)O)CC2)cc1. The standard InChI is InChI=1S/C12H14N2O5S/c13-10(15)7-14-20(18,19)9-3-1-8(2-4-9)12(5-6-12)11(16)17/h1-4,14H,5-7H2,(H2,13,15)(H,16,17). The van der Waals surface area contributed by atoms with Crippen molar-refractivity contribution in [3.8, 4) is 0 Å². The van der Waals surface area contributed by atoms with Crippen molar-refractivity contribution < 1.29 is 23.1 Å². The third-order valence-electron chi connectivity index (χ3n) is 3.31. The smallest absolute Gasteiger partial charge is 0.314 e.